The molecule has 1 fully saturated rings. The molecule has 0 aromatic heterocycles. The lowest BCUT2D eigenvalue weighted by Gasteiger charge is -2.36. The molecule has 19 heavy (non-hydrogen) atoms. The number of nitrogens with zero attached hydrogens (tertiary/aromatic N) is 2. The van der Waals surface area contributed by atoms with Crippen molar-refractivity contribution in [3.63, 3.8) is 0 Å². The van der Waals surface area contributed by atoms with E-state index in [1.54, 1.807) is 12.1 Å². The maximum atomic E-state index is 10.8. The molecule has 5 nitrogen and oxygen atoms in total. The molecule has 104 valence electrons. The summed E-state index contributed by atoms with van der Waals surface area (Å²) in [5.74, 6) is 0.535. The van der Waals surface area contributed by atoms with Gasteiger partial charge in [-0.3, -0.25) is 15.0 Å². The molecular formula is C14H21N3O2. The molecule has 2 unspecified atom stereocenters. The molecule has 0 radical (unpaired) electrons. The van der Waals surface area contributed by atoms with Gasteiger partial charge in [-0.05, 0) is 24.4 Å². The standard InChI is InChI=1S/C14H21N3O2/c1-2-12-10-16(7-6-14(12)15)9-11-4-3-5-13(8-11)17(18)19/h3-5,8,12,14H,2,6-7,9-10,15H2,1H3. The van der Waals surface area contributed by atoms with E-state index in [9.17, 15) is 10.1 Å². The summed E-state index contributed by atoms with van der Waals surface area (Å²) in [5, 5.41) is 10.8. The van der Waals surface area contributed by atoms with E-state index in [1.807, 2.05) is 6.07 Å². The Hall–Kier alpha value is -1.46. The number of likely N-dealkylation sites (tertiary alicyclic amines) is 1. The van der Waals surface area contributed by atoms with Gasteiger partial charge >= 0.3 is 0 Å². The molecule has 5 heteroatoms. The van der Waals surface area contributed by atoms with Crippen LogP contribution in [-0.4, -0.2) is 29.0 Å². The maximum Gasteiger partial charge on any atom is 0.269 e. The average molecular weight is 263 g/mol. The molecule has 0 spiro atoms. The second kappa shape index (κ2) is 6.12. The summed E-state index contributed by atoms with van der Waals surface area (Å²) >= 11 is 0. The second-order valence-corrected chi connectivity index (χ2v) is 5.28. The second-order valence-electron chi connectivity index (χ2n) is 5.28. The van der Waals surface area contributed by atoms with Gasteiger partial charge in [-0.15, -0.1) is 0 Å². The molecule has 2 rings (SSSR count). The van der Waals surface area contributed by atoms with E-state index < -0.39 is 0 Å². The van der Waals surface area contributed by atoms with Crippen molar-refractivity contribution in [1.82, 2.24) is 4.90 Å². The first kappa shape index (κ1) is 14.0. The van der Waals surface area contributed by atoms with Gasteiger partial charge in [0.2, 0.25) is 0 Å². The van der Waals surface area contributed by atoms with Gasteiger partial charge in [-0.1, -0.05) is 25.5 Å². The van der Waals surface area contributed by atoms with E-state index in [2.05, 4.69) is 11.8 Å². The van der Waals surface area contributed by atoms with Crippen molar-refractivity contribution in [3.8, 4) is 0 Å². The Morgan fingerprint density at radius 1 is 1.53 bits per heavy atom. The molecule has 1 heterocycles. The molecular weight excluding hydrogens is 242 g/mol. The van der Waals surface area contributed by atoms with Gasteiger partial charge in [0, 0.05) is 31.3 Å². The van der Waals surface area contributed by atoms with Crippen LogP contribution in [0.3, 0.4) is 0 Å². The number of hydrogen-bond donors (Lipinski definition) is 1. The Balaban J connectivity index is 2.01. The van der Waals surface area contributed by atoms with E-state index in [4.69, 9.17) is 5.73 Å². The third kappa shape index (κ3) is 3.52. The Labute approximate surface area is 113 Å². The normalized spacial score (nSPS) is 24.3. The number of nitrogens with two attached hydrogens (primary N) is 1. The summed E-state index contributed by atoms with van der Waals surface area (Å²) < 4.78 is 0. The molecule has 1 aromatic carbocycles. The first-order chi connectivity index (χ1) is 9.10. The van der Waals surface area contributed by atoms with Crippen molar-refractivity contribution in [2.45, 2.75) is 32.4 Å². The lowest BCUT2D eigenvalue weighted by molar-refractivity contribution is -0.384. The minimum Gasteiger partial charge on any atom is -0.327 e. The van der Waals surface area contributed by atoms with Crippen molar-refractivity contribution in [2.24, 2.45) is 11.7 Å². The number of benzene rings is 1. The minimum atomic E-state index is -0.343. The zero-order valence-electron chi connectivity index (χ0n) is 11.3. The lowest BCUT2D eigenvalue weighted by atomic mass is 9.90. The first-order valence-electron chi connectivity index (χ1n) is 6.81. The first-order valence-corrected chi connectivity index (χ1v) is 6.81. The van der Waals surface area contributed by atoms with Crippen LogP contribution in [0.15, 0.2) is 24.3 Å². The lowest BCUT2D eigenvalue weighted by Crippen LogP contribution is -2.46. The largest absolute Gasteiger partial charge is 0.327 e. The highest BCUT2D eigenvalue weighted by molar-refractivity contribution is 5.34. The zero-order valence-corrected chi connectivity index (χ0v) is 11.3. The van der Waals surface area contributed by atoms with Gasteiger partial charge in [0.05, 0.1) is 4.92 Å². The number of hydrogen-bond acceptors (Lipinski definition) is 4. The Morgan fingerprint density at radius 3 is 3.00 bits per heavy atom. The summed E-state index contributed by atoms with van der Waals surface area (Å²) in [6, 6.07) is 7.19. The van der Waals surface area contributed by atoms with Gasteiger partial charge in [-0.25, -0.2) is 0 Å². The highest BCUT2D eigenvalue weighted by Gasteiger charge is 2.25. The summed E-state index contributed by atoms with van der Waals surface area (Å²) in [6.07, 6.45) is 2.10. The maximum absolute atomic E-state index is 10.8. The fourth-order valence-electron chi connectivity index (χ4n) is 2.73. The summed E-state index contributed by atoms with van der Waals surface area (Å²) in [4.78, 5) is 12.8. The topological polar surface area (TPSA) is 72.4 Å². The van der Waals surface area contributed by atoms with Crippen LogP contribution in [0, 0.1) is 16.0 Å². The number of nitro benzene ring substituents is 1. The van der Waals surface area contributed by atoms with Crippen LogP contribution in [0.2, 0.25) is 0 Å². The predicted octanol–water partition coefficient (Wildman–Crippen LogP) is 2.15. The van der Waals surface area contributed by atoms with Crippen LogP contribution in [-0.2, 0) is 6.54 Å². The molecule has 1 saturated heterocycles. The highest BCUT2D eigenvalue weighted by atomic mass is 16.6. The van der Waals surface area contributed by atoms with Crippen LogP contribution < -0.4 is 5.73 Å². The molecule has 0 bridgehead atoms. The molecule has 2 N–H and O–H groups in total. The minimum absolute atomic E-state index is 0.165. The molecule has 0 amide bonds. The van der Waals surface area contributed by atoms with Crippen LogP contribution in [0.25, 0.3) is 0 Å². The van der Waals surface area contributed by atoms with Crippen LogP contribution in [0.4, 0.5) is 5.69 Å². The fraction of sp³-hybridized carbons (Fsp3) is 0.571. The van der Waals surface area contributed by atoms with E-state index in [0.29, 0.717) is 12.0 Å². The Kier molecular flexibility index (Phi) is 4.50. The molecule has 2 atom stereocenters. The predicted molar refractivity (Wildman–Crippen MR) is 74.7 cm³/mol. The number of non-ortho nitro benzene ring substituents is 1. The third-order valence-corrected chi connectivity index (χ3v) is 3.93. The molecule has 1 aromatic rings. The van der Waals surface area contributed by atoms with Crippen molar-refractivity contribution in [3.05, 3.63) is 39.9 Å². The van der Waals surface area contributed by atoms with Crippen molar-refractivity contribution in [2.75, 3.05) is 13.1 Å². The van der Waals surface area contributed by atoms with Crippen LogP contribution >= 0.6 is 0 Å². The van der Waals surface area contributed by atoms with Gasteiger partial charge in [0.1, 0.15) is 0 Å². The van der Waals surface area contributed by atoms with E-state index in [0.717, 1.165) is 38.0 Å². The summed E-state index contributed by atoms with van der Waals surface area (Å²) in [5.41, 5.74) is 7.26. The molecule has 1 aliphatic heterocycles. The van der Waals surface area contributed by atoms with Crippen molar-refractivity contribution in [1.29, 1.82) is 0 Å². The van der Waals surface area contributed by atoms with E-state index in [-0.39, 0.29) is 10.6 Å². The van der Waals surface area contributed by atoms with Gasteiger partial charge in [0.15, 0.2) is 0 Å². The van der Waals surface area contributed by atoms with Crippen molar-refractivity contribution >= 4 is 5.69 Å². The Morgan fingerprint density at radius 2 is 2.32 bits per heavy atom. The number of nitro groups is 1. The number of piperidine rings is 1. The third-order valence-electron chi connectivity index (χ3n) is 3.93. The quantitative estimate of drug-likeness (QED) is 0.667. The Bertz CT molecular complexity index is 450. The highest BCUT2D eigenvalue weighted by Crippen LogP contribution is 2.21. The summed E-state index contributed by atoms with van der Waals surface area (Å²) in [7, 11) is 0. The monoisotopic (exact) mass is 263 g/mol. The average Bonchev–Trinajstić information content (AvgIpc) is 2.41. The zero-order chi connectivity index (χ0) is 13.8. The fourth-order valence-corrected chi connectivity index (χ4v) is 2.73. The molecule has 0 aliphatic carbocycles. The number of rotatable bonds is 4. The van der Waals surface area contributed by atoms with E-state index in [1.165, 1.54) is 6.07 Å². The van der Waals surface area contributed by atoms with Crippen LogP contribution in [0.1, 0.15) is 25.3 Å². The van der Waals surface area contributed by atoms with Gasteiger partial charge in [0.25, 0.3) is 5.69 Å². The smallest absolute Gasteiger partial charge is 0.269 e. The van der Waals surface area contributed by atoms with Crippen molar-refractivity contribution < 1.29 is 4.92 Å². The molecule has 1 aliphatic rings. The summed E-state index contributed by atoms with van der Waals surface area (Å²) in [6.45, 7) is 4.90. The molecule has 0 saturated carbocycles. The van der Waals surface area contributed by atoms with Crippen LogP contribution in [0.5, 0.6) is 0 Å². The SMILES string of the molecule is CCC1CN(Cc2cccc([N+](=O)[O-])c2)CCC1N. The van der Waals surface area contributed by atoms with Gasteiger partial charge in [-0.2, -0.15) is 0 Å². The van der Waals surface area contributed by atoms with Gasteiger partial charge < -0.3 is 5.73 Å². The van der Waals surface area contributed by atoms with E-state index >= 15 is 0 Å².